The fraction of sp³-hybridized carbons (Fsp3) is 0.208. The number of thiazole rings is 1. The lowest BCUT2D eigenvalue weighted by molar-refractivity contribution is -0.131. The van der Waals surface area contributed by atoms with Gasteiger partial charge in [-0.1, -0.05) is 6.07 Å². The Morgan fingerprint density at radius 2 is 1.89 bits per heavy atom. The molecule has 2 heterocycles. The van der Waals surface area contributed by atoms with Crippen molar-refractivity contribution >= 4 is 50.8 Å². The Morgan fingerprint density at radius 1 is 1.06 bits per heavy atom. The molecule has 0 saturated carbocycles. The molecule has 2 aromatic heterocycles. The Bertz CT molecular complexity index is 1400. The van der Waals surface area contributed by atoms with E-state index in [1.165, 1.54) is 31.5 Å². The lowest BCUT2D eigenvalue weighted by Gasteiger charge is -2.14. The number of esters is 1. The second-order valence-corrected chi connectivity index (χ2v) is 8.41. The second kappa shape index (κ2) is 10.3. The number of rotatable bonds is 8. The first kappa shape index (κ1) is 23.9. The number of fused-ring (bicyclic) bond motifs is 1. The molecule has 0 unspecified atom stereocenters. The van der Waals surface area contributed by atoms with E-state index in [0.29, 0.717) is 50.5 Å². The summed E-state index contributed by atoms with van der Waals surface area (Å²) in [5.74, 6) is 1.44. The molecule has 0 aliphatic heterocycles. The van der Waals surface area contributed by atoms with Crippen LogP contribution in [0.4, 0.5) is 16.6 Å². The highest BCUT2D eigenvalue weighted by molar-refractivity contribution is 7.13. The summed E-state index contributed by atoms with van der Waals surface area (Å²) in [6, 6.07) is 9.02. The third kappa shape index (κ3) is 5.82. The van der Waals surface area contributed by atoms with Gasteiger partial charge in [-0.25, -0.2) is 15.0 Å². The first-order chi connectivity index (χ1) is 16.8. The summed E-state index contributed by atoms with van der Waals surface area (Å²) in [6.07, 6.45) is 1.45. The minimum absolute atomic E-state index is 0.180. The molecule has 11 heteroatoms. The molecule has 0 saturated heterocycles. The van der Waals surface area contributed by atoms with E-state index in [2.05, 4.69) is 25.6 Å². The minimum Gasteiger partial charge on any atom is -0.493 e. The Balaban J connectivity index is 1.58. The standard InChI is InChI=1S/C24H23N5O5S/c1-13-5-6-16(7-20(13)34-15(3)31)28-23-18-8-21(32-4)22(9-19(18)25-12-26-23)33-10-17-11-35-24(29-17)27-14(2)30/h5-9,11-12H,10H2,1-4H3,(H,25,26,28)(H,27,29,30). The molecule has 10 nitrogen and oxygen atoms in total. The summed E-state index contributed by atoms with van der Waals surface area (Å²) in [4.78, 5) is 35.7. The van der Waals surface area contributed by atoms with Crippen LogP contribution < -0.4 is 24.8 Å². The van der Waals surface area contributed by atoms with Gasteiger partial charge in [0, 0.05) is 42.4 Å². The fourth-order valence-electron chi connectivity index (χ4n) is 3.25. The van der Waals surface area contributed by atoms with Gasteiger partial charge in [0.1, 0.15) is 24.5 Å². The number of carbonyl (C=O) groups is 2. The SMILES string of the molecule is COc1cc2c(Nc3ccc(C)c(OC(C)=O)c3)ncnc2cc1OCc1csc(NC(C)=O)n1. The average molecular weight is 494 g/mol. The number of anilines is 3. The van der Waals surface area contributed by atoms with Crippen LogP contribution in [0, 0.1) is 6.92 Å². The number of methoxy groups -OCH3 is 1. The van der Waals surface area contributed by atoms with Gasteiger partial charge in [-0.3, -0.25) is 9.59 Å². The van der Waals surface area contributed by atoms with Crippen molar-refractivity contribution < 1.29 is 23.8 Å². The topological polar surface area (TPSA) is 125 Å². The first-order valence-electron chi connectivity index (χ1n) is 10.6. The summed E-state index contributed by atoms with van der Waals surface area (Å²) < 4.78 is 16.8. The van der Waals surface area contributed by atoms with Gasteiger partial charge < -0.3 is 24.8 Å². The van der Waals surface area contributed by atoms with Gasteiger partial charge >= 0.3 is 5.97 Å². The number of carbonyl (C=O) groups excluding carboxylic acids is 2. The number of nitrogens with one attached hydrogen (secondary N) is 2. The van der Waals surface area contributed by atoms with Gasteiger partial charge in [-0.05, 0) is 24.6 Å². The van der Waals surface area contributed by atoms with Crippen LogP contribution in [0.3, 0.4) is 0 Å². The number of ether oxygens (including phenoxy) is 3. The number of aromatic nitrogens is 3. The van der Waals surface area contributed by atoms with Crippen molar-refractivity contribution in [3.05, 3.63) is 53.3 Å². The Labute approximate surface area is 205 Å². The number of nitrogens with zero attached hydrogens (tertiary/aromatic N) is 3. The minimum atomic E-state index is -0.390. The molecule has 0 atom stereocenters. The molecule has 4 aromatic rings. The molecule has 4 rings (SSSR count). The van der Waals surface area contributed by atoms with Gasteiger partial charge in [0.2, 0.25) is 5.91 Å². The zero-order valence-electron chi connectivity index (χ0n) is 19.5. The van der Waals surface area contributed by atoms with Gasteiger partial charge in [0.05, 0.1) is 18.3 Å². The molecule has 0 aliphatic carbocycles. The van der Waals surface area contributed by atoms with Crippen LogP contribution in [0.25, 0.3) is 10.9 Å². The highest BCUT2D eigenvalue weighted by Gasteiger charge is 2.14. The summed E-state index contributed by atoms with van der Waals surface area (Å²) in [5, 5.41) is 8.95. The molecule has 0 radical (unpaired) electrons. The molecule has 180 valence electrons. The normalized spacial score (nSPS) is 10.6. The molecule has 35 heavy (non-hydrogen) atoms. The Morgan fingerprint density at radius 3 is 2.63 bits per heavy atom. The molecule has 1 amide bonds. The van der Waals surface area contributed by atoms with E-state index in [1.54, 1.807) is 25.3 Å². The molecular formula is C24H23N5O5S. The summed E-state index contributed by atoms with van der Waals surface area (Å²) in [6.45, 7) is 4.84. The molecule has 2 aromatic carbocycles. The zero-order chi connectivity index (χ0) is 24.9. The number of amides is 1. The summed E-state index contributed by atoms with van der Waals surface area (Å²) in [7, 11) is 1.55. The zero-order valence-corrected chi connectivity index (χ0v) is 20.4. The Kier molecular flexibility index (Phi) is 7.06. The monoisotopic (exact) mass is 493 g/mol. The molecule has 0 aliphatic rings. The first-order valence-corrected chi connectivity index (χ1v) is 11.4. The smallest absolute Gasteiger partial charge is 0.308 e. The van der Waals surface area contributed by atoms with Gasteiger partial charge in [-0.2, -0.15) is 0 Å². The van der Waals surface area contributed by atoms with E-state index in [4.69, 9.17) is 14.2 Å². The number of hydrogen-bond acceptors (Lipinski definition) is 10. The fourth-order valence-corrected chi connectivity index (χ4v) is 3.99. The van der Waals surface area contributed by atoms with Gasteiger partial charge in [0.25, 0.3) is 0 Å². The van der Waals surface area contributed by atoms with Crippen molar-refractivity contribution in [3.8, 4) is 17.2 Å². The lowest BCUT2D eigenvalue weighted by Crippen LogP contribution is -2.05. The van der Waals surface area contributed by atoms with Crippen molar-refractivity contribution in [2.24, 2.45) is 0 Å². The second-order valence-electron chi connectivity index (χ2n) is 7.56. The largest absolute Gasteiger partial charge is 0.493 e. The van der Waals surface area contributed by atoms with Crippen molar-refractivity contribution in [1.29, 1.82) is 0 Å². The molecular weight excluding hydrogens is 470 g/mol. The van der Waals surface area contributed by atoms with Crippen LogP contribution in [0.5, 0.6) is 17.2 Å². The van der Waals surface area contributed by atoms with E-state index in [-0.39, 0.29) is 18.5 Å². The predicted molar refractivity (Wildman–Crippen MR) is 133 cm³/mol. The van der Waals surface area contributed by atoms with Gasteiger partial charge in [-0.15, -0.1) is 11.3 Å². The van der Waals surface area contributed by atoms with Crippen LogP contribution in [-0.4, -0.2) is 33.9 Å². The quantitative estimate of drug-likeness (QED) is 0.267. The highest BCUT2D eigenvalue weighted by Crippen LogP contribution is 2.36. The molecule has 0 bridgehead atoms. The summed E-state index contributed by atoms with van der Waals surface area (Å²) >= 11 is 1.32. The van der Waals surface area contributed by atoms with Crippen LogP contribution in [0.15, 0.2) is 42.0 Å². The van der Waals surface area contributed by atoms with Crippen LogP contribution in [0.1, 0.15) is 25.1 Å². The lowest BCUT2D eigenvalue weighted by atomic mass is 10.1. The molecule has 2 N–H and O–H groups in total. The van der Waals surface area contributed by atoms with Crippen LogP contribution in [-0.2, 0) is 16.2 Å². The van der Waals surface area contributed by atoms with Crippen LogP contribution >= 0.6 is 11.3 Å². The maximum Gasteiger partial charge on any atom is 0.308 e. The van der Waals surface area contributed by atoms with Crippen molar-refractivity contribution in [1.82, 2.24) is 15.0 Å². The number of benzene rings is 2. The van der Waals surface area contributed by atoms with E-state index < -0.39 is 0 Å². The van der Waals surface area contributed by atoms with Crippen molar-refractivity contribution in [2.75, 3.05) is 17.7 Å². The molecule has 0 fully saturated rings. The van der Waals surface area contributed by atoms with Crippen molar-refractivity contribution in [2.45, 2.75) is 27.4 Å². The number of hydrogen-bond donors (Lipinski definition) is 2. The number of aryl methyl sites for hydroxylation is 1. The highest BCUT2D eigenvalue weighted by atomic mass is 32.1. The Hall–Kier alpha value is -4.25. The predicted octanol–water partition coefficient (Wildman–Crippen LogP) is 4.61. The maximum atomic E-state index is 11.4. The van der Waals surface area contributed by atoms with Gasteiger partial charge in [0.15, 0.2) is 16.6 Å². The van der Waals surface area contributed by atoms with E-state index >= 15 is 0 Å². The van der Waals surface area contributed by atoms with Crippen molar-refractivity contribution in [3.63, 3.8) is 0 Å². The third-order valence-corrected chi connectivity index (χ3v) is 5.64. The van der Waals surface area contributed by atoms with E-state index in [0.717, 1.165) is 5.56 Å². The van der Waals surface area contributed by atoms with E-state index in [9.17, 15) is 9.59 Å². The average Bonchev–Trinajstić information content (AvgIpc) is 3.25. The maximum absolute atomic E-state index is 11.4. The molecule has 0 spiro atoms. The third-order valence-electron chi connectivity index (χ3n) is 4.84. The van der Waals surface area contributed by atoms with E-state index in [1.807, 2.05) is 24.4 Å². The summed E-state index contributed by atoms with van der Waals surface area (Å²) in [5.41, 5.74) is 2.85. The van der Waals surface area contributed by atoms with Crippen LogP contribution in [0.2, 0.25) is 0 Å².